The number of fused-ring (bicyclic) bond motifs is 1. The summed E-state index contributed by atoms with van der Waals surface area (Å²) in [5.41, 5.74) is 5.61. The number of ether oxygens (including phenoxy) is 3. The number of anilines is 1. The van der Waals surface area contributed by atoms with Crippen LogP contribution in [0.15, 0.2) is 52.9 Å². The van der Waals surface area contributed by atoms with E-state index in [-0.39, 0.29) is 5.11 Å². The number of aryl methyl sites for hydroxylation is 2. The summed E-state index contributed by atoms with van der Waals surface area (Å²) in [7, 11) is 0. The third kappa shape index (κ3) is 6.06. The van der Waals surface area contributed by atoms with Crippen LogP contribution < -0.4 is 24.8 Å². The van der Waals surface area contributed by atoms with Gasteiger partial charge in [-0.1, -0.05) is 6.07 Å². The Morgan fingerprint density at radius 2 is 1.58 bits per heavy atom. The van der Waals surface area contributed by atoms with Crippen LogP contribution in [-0.2, 0) is 0 Å². The summed E-state index contributed by atoms with van der Waals surface area (Å²) in [5, 5.41) is 5.89. The molecule has 1 heterocycles. The fourth-order valence-corrected chi connectivity index (χ4v) is 4.07. The van der Waals surface area contributed by atoms with Gasteiger partial charge in [0.05, 0.1) is 19.8 Å². The van der Waals surface area contributed by atoms with Crippen LogP contribution in [0, 0.1) is 13.8 Å². The number of amides is 1. The first-order valence-electron chi connectivity index (χ1n) is 12.5. The van der Waals surface area contributed by atoms with E-state index < -0.39 is 5.91 Å². The average Bonchev–Trinajstić information content (AvgIpc) is 3.31. The number of benzene rings is 3. The molecule has 0 radical (unpaired) electrons. The molecule has 0 saturated heterocycles. The van der Waals surface area contributed by atoms with E-state index in [0.717, 1.165) is 5.56 Å². The van der Waals surface area contributed by atoms with Crippen LogP contribution in [-0.4, -0.2) is 35.8 Å². The normalized spacial score (nSPS) is 10.8. The molecule has 4 aromatic rings. The lowest BCUT2D eigenvalue weighted by Gasteiger charge is -2.17. The van der Waals surface area contributed by atoms with Crippen molar-refractivity contribution in [2.24, 2.45) is 0 Å². The molecule has 8 nitrogen and oxygen atoms in total. The molecule has 0 aliphatic carbocycles. The van der Waals surface area contributed by atoms with Crippen molar-refractivity contribution in [1.29, 1.82) is 0 Å². The molecule has 0 unspecified atom stereocenters. The lowest BCUT2D eigenvalue weighted by atomic mass is 10.1. The quantitative estimate of drug-likeness (QED) is 0.238. The summed E-state index contributed by atoms with van der Waals surface area (Å²) in [6.45, 7) is 11.0. The number of oxazole rings is 1. The Labute approximate surface area is 227 Å². The molecule has 9 heteroatoms. The first kappa shape index (κ1) is 26.9. The maximum absolute atomic E-state index is 13.0. The molecule has 0 atom stereocenters. The smallest absolute Gasteiger partial charge is 0.257 e. The van der Waals surface area contributed by atoms with E-state index in [1.165, 1.54) is 11.1 Å². The molecule has 0 saturated carbocycles. The van der Waals surface area contributed by atoms with Crippen molar-refractivity contribution in [2.45, 2.75) is 34.6 Å². The number of rotatable bonds is 9. The minimum Gasteiger partial charge on any atom is -0.490 e. The van der Waals surface area contributed by atoms with Gasteiger partial charge >= 0.3 is 0 Å². The van der Waals surface area contributed by atoms with Crippen LogP contribution in [0.4, 0.5) is 5.69 Å². The zero-order valence-electron chi connectivity index (χ0n) is 22.1. The number of hydrogen-bond acceptors (Lipinski definition) is 7. The van der Waals surface area contributed by atoms with E-state index in [4.69, 9.17) is 30.8 Å². The van der Waals surface area contributed by atoms with Gasteiger partial charge in [0.15, 0.2) is 22.2 Å². The van der Waals surface area contributed by atoms with Crippen molar-refractivity contribution in [3.63, 3.8) is 0 Å². The van der Waals surface area contributed by atoms with E-state index in [2.05, 4.69) is 35.5 Å². The third-order valence-corrected chi connectivity index (χ3v) is 6.00. The summed E-state index contributed by atoms with van der Waals surface area (Å²) in [6.07, 6.45) is 0. The molecule has 2 N–H and O–H groups in total. The molecule has 0 bridgehead atoms. The zero-order valence-corrected chi connectivity index (χ0v) is 23.0. The lowest BCUT2D eigenvalue weighted by molar-refractivity contribution is 0.0976. The Morgan fingerprint density at radius 3 is 2.21 bits per heavy atom. The van der Waals surface area contributed by atoms with Gasteiger partial charge in [0.25, 0.3) is 5.91 Å². The van der Waals surface area contributed by atoms with E-state index in [0.29, 0.717) is 65.3 Å². The molecule has 198 valence electrons. The summed E-state index contributed by atoms with van der Waals surface area (Å²) in [6, 6.07) is 14.8. The highest BCUT2D eigenvalue weighted by molar-refractivity contribution is 7.80. The summed E-state index contributed by atoms with van der Waals surface area (Å²) in [5.74, 6) is 1.46. The minimum atomic E-state index is -0.410. The number of carbonyl (C=O) groups is 1. The summed E-state index contributed by atoms with van der Waals surface area (Å²) in [4.78, 5) is 17.7. The maximum atomic E-state index is 13.0. The highest BCUT2D eigenvalue weighted by Gasteiger charge is 2.19. The van der Waals surface area contributed by atoms with Crippen LogP contribution in [0.25, 0.3) is 22.6 Å². The number of nitrogens with zero attached hydrogens (tertiary/aromatic N) is 1. The minimum absolute atomic E-state index is 0.136. The second-order valence-electron chi connectivity index (χ2n) is 8.51. The summed E-state index contributed by atoms with van der Waals surface area (Å²) < 4.78 is 23.1. The SMILES string of the molecule is CCOc1cc(C(=O)NC(=S)Nc2ccc3oc(-c4ccc(C)c(C)c4)nc3c2)cc(OCC)c1OCC. The van der Waals surface area contributed by atoms with E-state index in [1.807, 2.05) is 51.1 Å². The van der Waals surface area contributed by atoms with Gasteiger partial charge in [-0.15, -0.1) is 0 Å². The van der Waals surface area contributed by atoms with Crippen molar-refractivity contribution in [3.8, 4) is 28.7 Å². The van der Waals surface area contributed by atoms with Gasteiger partial charge in [0, 0.05) is 16.8 Å². The molecular formula is C29H31N3O5S. The van der Waals surface area contributed by atoms with Crippen molar-refractivity contribution in [3.05, 3.63) is 65.2 Å². The fourth-order valence-electron chi connectivity index (χ4n) is 3.86. The van der Waals surface area contributed by atoms with Gasteiger partial charge in [-0.25, -0.2) is 4.98 Å². The molecule has 38 heavy (non-hydrogen) atoms. The van der Waals surface area contributed by atoms with Gasteiger partial charge in [0.2, 0.25) is 11.6 Å². The molecule has 1 amide bonds. The Morgan fingerprint density at radius 1 is 0.895 bits per heavy atom. The van der Waals surface area contributed by atoms with E-state index in [9.17, 15) is 4.79 Å². The predicted octanol–water partition coefficient (Wildman–Crippen LogP) is 6.43. The van der Waals surface area contributed by atoms with Crippen molar-refractivity contribution in [1.82, 2.24) is 10.3 Å². The molecule has 0 spiro atoms. The Balaban J connectivity index is 1.50. The average molecular weight is 534 g/mol. The van der Waals surface area contributed by atoms with Crippen molar-refractivity contribution < 1.29 is 23.4 Å². The van der Waals surface area contributed by atoms with Gasteiger partial charge < -0.3 is 23.9 Å². The van der Waals surface area contributed by atoms with Gasteiger partial charge in [-0.3, -0.25) is 10.1 Å². The van der Waals surface area contributed by atoms with Crippen LogP contribution in [0.1, 0.15) is 42.3 Å². The highest BCUT2D eigenvalue weighted by atomic mass is 32.1. The summed E-state index contributed by atoms with van der Waals surface area (Å²) >= 11 is 5.40. The Bertz CT molecular complexity index is 1450. The molecule has 1 aromatic heterocycles. The van der Waals surface area contributed by atoms with Crippen LogP contribution in [0.2, 0.25) is 0 Å². The zero-order chi connectivity index (χ0) is 27.2. The van der Waals surface area contributed by atoms with Crippen LogP contribution in [0.3, 0.4) is 0 Å². The van der Waals surface area contributed by atoms with Crippen molar-refractivity contribution in [2.75, 3.05) is 25.1 Å². The van der Waals surface area contributed by atoms with Gasteiger partial charge in [-0.05, 0) is 100 Å². The van der Waals surface area contributed by atoms with Gasteiger partial charge in [-0.2, -0.15) is 0 Å². The van der Waals surface area contributed by atoms with Gasteiger partial charge in [0.1, 0.15) is 5.52 Å². The maximum Gasteiger partial charge on any atom is 0.257 e. The number of hydrogen-bond donors (Lipinski definition) is 2. The van der Waals surface area contributed by atoms with E-state index in [1.54, 1.807) is 12.1 Å². The molecule has 0 aliphatic rings. The van der Waals surface area contributed by atoms with Crippen molar-refractivity contribution >= 4 is 40.0 Å². The lowest BCUT2D eigenvalue weighted by Crippen LogP contribution is -2.34. The predicted molar refractivity (Wildman–Crippen MR) is 153 cm³/mol. The number of carbonyl (C=O) groups excluding carboxylic acids is 1. The standard InChI is InChI=1S/C29H31N3O5S/c1-6-34-24-14-20(15-25(35-7-2)26(24)36-8-3)27(33)32-29(38)30-21-11-12-23-22(16-21)31-28(37-23)19-10-9-17(4)18(5)13-19/h9-16H,6-8H2,1-5H3,(H2,30,32,33,38). The molecule has 0 aliphatic heterocycles. The first-order valence-corrected chi connectivity index (χ1v) is 12.9. The Kier molecular flexibility index (Phi) is 8.48. The molecular weight excluding hydrogens is 502 g/mol. The molecule has 4 rings (SSSR count). The number of nitrogens with one attached hydrogen (secondary N) is 2. The second-order valence-corrected chi connectivity index (χ2v) is 8.92. The first-order chi connectivity index (χ1) is 18.3. The monoisotopic (exact) mass is 533 g/mol. The molecule has 0 fully saturated rings. The third-order valence-electron chi connectivity index (χ3n) is 5.80. The topological polar surface area (TPSA) is 94.9 Å². The second kappa shape index (κ2) is 12.0. The van der Waals surface area contributed by atoms with E-state index >= 15 is 0 Å². The molecule has 3 aromatic carbocycles. The largest absolute Gasteiger partial charge is 0.490 e. The number of aromatic nitrogens is 1. The highest BCUT2D eigenvalue weighted by Crippen LogP contribution is 2.39. The number of thiocarbonyl (C=S) groups is 1. The fraction of sp³-hybridized carbons (Fsp3) is 0.276. The van der Waals surface area contributed by atoms with Crippen LogP contribution in [0.5, 0.6) is 17.2 Å². The van der Waals surface area contributed by atoms with Crippen LogP contribution >= 0.6 is 12.2 Å². The Hall–Kier alpha value is -4.11.